The minimum absolute atomic E-state index is 0.699. The molecule has 140 valence electrons. The lowest BCUT2D eigenvalue weighted by Gasteiger charge is -2.38. The van der Waals surface area contributed by atoms with E-state index in [9.17, 15) is 0 Å². The highest BCUT2D eigenvalue weighted by atomic mass is 16.4. The quantitative estimate of drug-likeness (QED) is 0.861. The van der Waals surface area contributed by atoms with E-state index in [1.165, 1.54) is 37.8 Å². The summed E-state index contributed by atoms with van der Waals surface area (Å²) in [7, 11) is 0. The Labute approximate surface area is 156 Å². The van der Waals surface area contributed by atoms with Gasteiger partial charge in [0.2, 0.25) is 5.89 Å². The SMILES string of the molecule is Cc1nc(CN2CCC(CNC3CC(c4ccncc4)C3)CC2)oc1C. The van der Waals surface area contributed by atoms with Gasteiger partial charge in [0, 0.05) is 18.4 Å². The summed E-state index contributed by atoms with van der Waals surface area (Å²) in [6.45, 7) is 8.32. The lowest BCUT2D eigenvalue weighted by atomic mass is 9.76. The van der Waals surface area contributed by atoms with Crippen molar-refractivity contribution < 1.29 is 4.42 Å². The number of oxazole rings is 1. The molecule has 0 bridgehead atoms. The number of nitrogens with one attached hydrogen (secondary N) is 1. The Morgan fingerprint density at radius 1 is 1.15 bits per heavy atom. The minimum Gasteiger partial charge on any atom is -0.444 e. The summed E-state index contributed by atoms with van der Waals surface area (Å²) in [5, 5.41) is 3.80. The highest BCUT2D eigenvalue weighted by Crippen LogP contribution is 2.36. The fraction of sp³-hybridized carbons (Fsp3) is 0.619. The topological polar surface area (TPSA) is 54.2 Å². The molecule has 1 saturated heterocycles. The van der Waals surface area contributed by atoms with Gasteiger partial charge in [0.25, 0.3) is 0 Å². The molecule has 26 heavy (non-hydrogen) atoms. The van der Waals surface area contributed by atoms with Gasteiger partial charge in [0.1, 0.15) is 5.76 Å². The van der Waals surface area contributed by atoms with E-state index in [2.05, 4.69) is 32.3 Å². The van der Waals surface area contributed by atoms with Crippen LogP contribution in [-0.2, 0) is 6.54 Å². The first-order chi connectivity index (χ1) is 12.7. The second kappa shape index (κ2) is 7.89. The highest BCUT2D eigenvalue weighted by Gasteiger charge is 2.30. The molecule has 0 unspecified atom stereocenters. The molecule has 0 atom stereocenters. The third-order valence-electron chi connectivity index (χ3n) is 6.15. The molecule has 4 rings (SSSR count). The summed E-state index contributed by atoms with van der Waals surface area (Å²) in [6.07, 6.45) is 8.89. The van der Waals surface area contributed by atoms with E-state index in [-0.39, 0.29) is 0 Å². The summed E-state index contributed by atoms with van der Waals surface area (Å²) < 4.78 is 5.72. The van der Waals surface area contributed by atoms with Gasteiger partial charge < -0.3 is 9.73 Å². The van der Waals surface area contributed by atoms with Gasteiger partial charge >= 0.3 is 0 Å². The van der Waals surface area contributed by atoms with Crippen LogP contribution >= 0.6 is 0 Å². The van der Waals surface area contributed by atoms with E-state index in [1.54, 1.807) is 0 Å². The predicted octanol–water partition coefficient (Wildman–Crippen LogP) is 3.43. The van der Waals surface area contributed by atoms with E-state index in [4.69, 9.17) is 4.42 Å². The third-order valence-corrected chi connectivity index (χ3v) is 6.15. The smallest absolute Gasteiger partial charge is 0.208 e. The van der Waals surface area contributed by atoms with Crippen molar-refractivity contribution in [2.45, 2.75) is 58.0 Å². The molecule has 2 aliphatic rings. The lowest BCUT2D eigenvalue weighted by molar-refractivity contribution is 0.155. The van der Waals surface area contributed by atoms with E-state index < -0.39 is 0 Å². The summed E-state index contributed by atoms with van der Waals surface area (Å²) >= 11 is 0. The summed E-state index contributed by atoms with van der Waals surface area (Å²) in [4.78, 5) is 11.1. The van der Waals surface area contributed by atoms with Gasteiger partial charge in [0.05, 0.1) is 12.2 Å². The zero-order valence-electron chi connectivity index (χ0n) is 15.9. The number of hydrogen-bond donors (Lipinski definition) is 1. The first-order valence-electron chi connectivity index (χ1n) is 9.96. The molecule has 1 N–H and O–H groups in total. The molecule has 1 saturated carbocycles. The average molecular weight is 354 g/mol. The molecule has 1 aliphatic heterocycles. The van der Waals surface area contributed by atoms with Gasteiger partial charge in [-0.1, -0.05) is 0 Å². The van der Waals surface area contributed by atoms with Gasteiger partial charge in [0.15, 0.2) is 0 Å². The Bertz CT molecular complexity index is 681. The zero-order chi connectivity index (χ0) is 17.9. The molecule has 0 aromatic carbocycles. The second-order valence-corrected chi connectivity index (χ2v) is 8.02. The maximum Gasteiger partial charge on any atom is 0.208 e. The molecule has 5 heteroatoms. The highest BCUT2D eigenvalue weighted by molar-refractivity contribution is 5.19. The monoisotopic (exact) mass is 354 g/mol. The van der Waals surface area contributed by atoms with E-state index in [0.29, 0.717) is 6.04 Å². The number of hydrogen-bond acceptors (Lipinski definition) is 5. The van der Waals surface area contributed by atoms with Crippen LogP contribution in [0.2, 0.25) is 0 Å². The number of piperidine rings is 1. The Morgan fingerprint density at radius 2 is 1.88 bits per heavy atom. The molecule has 3 heterocycles. The number of rotatable bonds is 6. The van der Waals surface area contributed by atoms with Gasteiger partial charge in [-0.05, 0) is 88.7 Å². The Morgan fingerprint density at radius 3 is 2.54 bits per heavy atom. The van der Waals surface area contributed by atoms with Gasteiger partial charge in [-0.25, -0.2) is 4.98 Å². The maximum absolute atomic E-state index is 5.72. The molecule has 5 nitrogen and oxygen atoms in total. The van der Waals surface area contributed by atoms with Gasteiger partial charge in [-0.15, -0.1) is 0 Å². The van der Waals surface area contributed by atoms with Crippen LogP contribution in [0.3, 0.4) is 0 Å². The second-order valence-electron chi connectivity index (χ2n) is 8.02. The average Bonchev–Trinajstić information content (AvgIpc) is 2.93. The Kier molecular flexibility index (Phi) is 5.36. The van der Waals surface area contributed by atoms with E-state index >= 15 is 0 Å². The van der Waals surface area contributed by atoms with Crippen molar-refractivity contribution in [3.8, 4) is 0 Å². The largest absolute Gasteiger partial charge is 0.444 e. The van der Waals surface area contributed by atoms with Crippen LogP contribution in [0.15, 0.2) is 28.9 Å². The van der Waals surface area contributed by atoms with Crippen molar-refractivity contribution in [2.24, 2.45) is 5.92 Å². The molecule has 2 fully saturated rings. The maximum atomic E-state index is 5.72. The molecular formula is C21H30N4O. The number of aromatic nitrogens is 2. The molecule has 0 spiro atoms. The van der Waals surface area contributed by atoms with Gasteiger partial charge in [-0.2, -0.15) is 0 Å². The number of likely N-dealkylation sites (tertiary alicyclic amines) is 1. The fourth-order valence-corrected chi connectivity index (χ4v) is 4.17. The van der Waals surface area contributed by atoms with Crippen LogP contribution in [0.5, 0.6) is 0 Å². The Balaban J connectivity index is 1.14. The van der Waals surface area contributed by atoms with Crippen molar-refractivity contribution in [1.29, 1.82) is 0 Å². The standard InChI is InChI=1S/C21H30N4O/c1-15-16(2)26-21(24-15)14-25-9-5-17(6-10-25)13-23-20-11-19(12-20)18-3-7-22-8-4-18/h3-4,7-8,17,19-20,23H,5-6,9-14H2,1-2H3. The van der Waals surface area contributed by atoms with E-state index in [0.717, 1.165) is 48.8 Å². The third kappa shape index (κ3) is 4.15. The molecule has 2 aromatic heterocycles. The first kappa shape index (κ1) is 17.7. The van der Waals surface area contributed by atoms with Crippen LogP contribution in [0.4, 0.5) is 0 Å². The van der Waals surface area contributed by atoms with Crippen LogP contribution in [0.25, 0.3) is 0 Å². The fourth-order valence-electron chi connectivity index (χ4n) is 4.17. The van der Waals surface area contributed by atoms with Crippen LogP contribution < -0.4 is 5.32 Å². The first-order valence-corrected chi connectivity index (χ1v) is 9.96. The number of aryl methyl sites for hydroxylation is 2. The Hall–Kier alpha value is -1.72. The van der Waals surface area contributed by atoms with Crippen molar-refractivity contribution in [2.75, 3.05) is 19.6 Å². The van der Waals surface area contributed by atoms with Crippen molar-refractivity contribution in [3.05, 3.63) is 47.4 Å². The van der Waals surface area contributed by atoms with E-state index in [1.807, 2.05) is 26.2 Å². The molecular weight excluding hydrogens is 324 g/mol. The summed E-state index contributed by atoms with van der Waals surface area (Å²) in [6, 6.07) is 5.02. The van der Waals surface area contributed by atoms with Crippen LogP contribution in [0.1, 0.15) is 54.5 Å². The predicted molar refractivity (Wildman–Crippen MR) is 102 cm³/mol. The molecule has 2 aromatic rings. The van der Waals surface area contributed by atoms with Crippen molar-refractivity contribution >= 4 is 0 Å². The summed E-state index contributed by atoms with van der Waals surface area (Å²) in [5.74, 6) is 3.35. The molecule has 0 radical (unpaired) electrons. The van der Waals surface area contributed by atoms with Crippen molar-refractivity contribution in [1.82, 2.24) is 20.2 Å². The van der Waals surface area contributed by atoms with Crippen LogP contribution in [0, 0.1) is 19.8 Å². The number of nitrogens with zero attached hydrogens (tertiary/aromatic N) is 3. The molecule has 0 amide bonds. The summed E-state index contributed by atoms with van der Waals surface area (Å²) in [5.41, 5.74) is 2.47. The van der Waals surface area contributed by atoms with Crippen LogP contribution in [-0.4, -0.2) is 40.5 Å². The minimum atomic E-state index is 0.699. The molecule has 1 aliphatic carbocycles. The normalized spacial score (nSPS) is 24.5. The lowest BCUT2D eigenvalue weighted by Crippen LogP contribution is -2.44. The van der Waals surface area contributed by atoms with Gasteiger partial charge in [-0.3, -0.25) is 9.88 Å². The zero-order valence-corrected chi connectivity index (χ0v) is 15.9. The number of pyridine rings is 1. The van der Waals surface area contributed by atoms with Crippen molar-refractivity contribution in [3.63, 3.8) is 0 Å².